The lowest BCUT2D eigenvalue weighted by Gasteiger charge is -2.18. The number of nitrogens with zero attached hydrogens (tertiary/aromatic N) is 1. The van der Waals surface area contributed by atoms with E-state index in [-0.39, 0.29) is 25.0 Å². The molecule has 1 aliphatic rings. The molecule has 12 heavy (non-hydrogen) atoms. The van der Waals surface area contributed by atoms with Gasteiger partial charge in [-0.3, -0.25) is 4.79 Å². The second-order valence-electron chi connectivity index (χ2n) is 3.31. The first-order chi connectivity index (χ1) is 5.65. The summed E-state index contributed by atoms with van der Waals surface area (Å²) in [5.41, 5.74) is 0. The predicted octanol–water partition coefficient (Wildman–Crippen LogP) is -0.792. The smallest absolute Gasteiger partial charge is 0.225 e. The van der Waals surface area contributed by atoms with Crippen molar-refractivity contribution in [1.82, 2.24) is 4.90 Å². The molecule has 0 aromatic carbocycles. The molecule has 70 valence electrons. The third kappa shape index (κ3) is 1.95. The van der Waals surface area contributed by atoms with Crippen LogP contribution in [0.1, 0.15) is 13.3 Å². The van der Waals surface area contributed by atoms with Crippen LogP contribution in [0.25, 0.3) is 0 Å². The van der Waals surface area contributed by atoms with E-state index in [0.717, 1.165) is 6.42 Å². The molecule has 1 fully saturated rings. The number of aliphatic hydroxyl groups excluding tert-OH is 2. The van der Waals surface area contributed by atoms with E-state index in [1.165, 1.54) is 0 Å². The van der Waals surface area contributed by atoms with E-state index in [4.69, 9.17) is 10.2 Å². The monoisotopic (exact) mass is 173 g/mol. The number of likely N-dealkylation sites (tertiary alicyclic amines) is 1. The quantitative estimate of drug-likeness (QED) is 0.588. The third-order valence-corrected chi connectivity index (χ3v) is 2.21. The molecule has 1 aliphatic heterocycles. The van der Waals surface area contributed by atoms with Crippen molar-refractivity contribution in [2.24, 2.45) is 5.92 Å². The van der Waals surface area contributed by atoms with Gasteiger partial charge in [-0.15, -0.1) is 0 Å². The van der Waals surface area contributed by atoms with E-state index in [2.05, 4.69) is 0 Å². The van der Waals surface area contributed by atoms with Gasteiger partial charge in [-0.05, 0) is 6.42 Å². The van der Waals surface area contributed by atoms with Crippen LogP contribution < -0.4 is 0 Å². The Bertz CT molecular complexity index is 172. The number of β-amino-alcohol motifs (C(OH)–C–C–N with tert-alkyl or cyclic N) is 1. The van der Waals surface area contributed by atoms with Gasteiger partial charge in [0.2, 0.25) is 5.91 Å². The van der Waals surface area contributed by atoms with Gasteiger partial charge < -0.3 is 15.1 Å². The Labute approximate surface area is 71.8 Å². The highest BCUT2D eigenvalue weighted by molar-refractivity contribution is 5.80. The Morgan fingerprint density at radius 3 is 2.83 bits per heavy atom. The van der Waals surface area contributed by atoms with Crippen molar-refractivity contribution in [2.75, 3.05) is 19.7 Å². The van der Waals surface area contributed by atoms with Crippen molar-refractivity contribution in [2.45, 2.75) is 19.4 Å². The maximum absolute atomic E-state index is 11.3. The van der Waals surface area contributed by atoms with Gasteiger partial charge in [-0.25, -0.2) is 0 Å². The SMILES string of the molecule is CC1CCN(CC(O)CO)C1=O. The molecule has 4 heteroatoms. The molecule has 0 aromatic heterocycles. The predicted molar refractivity (Wildman–Crippen MR) is 43.5 cm³/mol. The highest BCUT2D eigenvalue weighted by Crippen LogP contribution is 2.16. The summed E-state index contributed by atoms with van der Waals surface area (Å²) in [6.45, 7) is 2.57. The number of hydrogen-bond donors (Lipinski definition) is 2. The van der Waals surface area contributed by atoms with Gasteiger partial charge in [0.25, 0.3) is 0 Å². The minimum absolute atomic E-state index is 0.0795. The highest BCUT2D eigenvalue weighted by Gasteiger charge is 2.28. The van der Waals surface area contributed by atoms with Crippen LogP contribution in [0.5, 0.6) is 0 Å². The molecule has 0 bridgehead atoms. The Hall–Kier alpha value is -0.610. The van der Waals surface area contributed by atoms with Gasteiger partial charge in [-0.1, -0.05) is 6.92 Å². The van der Waals surface area contributed by atoms with Crippen LogP contribution in [0.2, 0.25) is 0 Å². The third-order valence-electron chi connectivity index (χ3n) is 2.21. The van der Waals surface area contributed by atoms with E-state index in [9.17, 15) is 4.79 Å². The molecule has 2 atom stereocenters. The van der Waals surface area contributed by atoms with E-state index in [1.807, 2.05) is 6.92 Å². The van der Waals surface area contributed by atoms with Crippen LogP contribution >= 0.6 is 0 Å². The molecule has 2 unspecified atom stereocenters. The summed E-state index contributed by atoms with van der Waals surface area (Å²) in [5.74, 6) is 0.165. The van der Waals surface area contributed by atoms with Crippen molar-refractivity contribution < 1.29 is 15.0 Å². The minimum atomic E-state index is -0.792. The Kier molecular flexibility index (Phi) is 3.05. The second kappa shape index (κ2) is 3.87. The second-order valence-corrected chi connectivity index (χ2v) is 3.31. The van der Waals surface area contributed by atoms with Crippen LogP contribution in [-0.4, -0.2) is 46.8 Å². The normalized spacial score (nSPS) is 26.4. The number of carbonyl (C=O) groups excluding carboxylic acids is 1. The van der Waals surface area contributed by atoms with Gasteiger partial charge >= 0.3 is 0 Å². The Balaban J connectivity index is 2.39. The molecule has 1 heterocycles. The van der Waals surface area contributed by atoms with E-state index < -0.39 is 6.10 Å². The first-order valence-electron chi connectivity index (χ1n) is 4.23. The lowest BCUT2D eigenvalue weighted by molar-refractivity contribution is -0.132. The van der Waals surface area contributed by atoms with Gasteiger partial charge in [0.1, 0.15) is 0 Å². The van der Waals surface area contributed by atoms with Crippen LogP contribution in [0, 0.1) is 5.92 Å². The highest BCUT2D eigenvalue weighted by atomic mass is 16.3. The summed E-state index contributed by atoms with van der Waals surface area (Å²) >= 11 is 0. The molecular weight excluding hydrogens is 158 g/mol. The van der Waals surface area contributed by atoms with Gasteiger partial charge in [-0.2, -0.15) is 0 Å². The van der Waals surface area contributed by atoms with E-state index in [1.54, 1.807) is 4.90 Å². The molecule has 0 spiro atoms. The van der Waals surface area contributed by atoms with Crippen molar-refractivity contribution in [3.05, 3.63) is 0 Å². The van der Waals surface area contributed by atoms with Crippen LogP contribution in [0.15, 0.2) is 0 Å². The first-order valence-corrected chi connectivity index (χ1v) is 4.23. The average molecular weight is 173 g/mol. The van der Waals surface area contributed by atoms with Gasteiger partial charge in [0, 0.05) is 19.0 Å². The summed E-state index contributed by atoms with van der Waals surface area (Å²) < 4.78 is 0. The van der Waals surface area contributed by atoms with Gasteiger partial charge in [0.05, 0.1) is 12.7 Å². The zero-order chi connectivity index (χ0) is 9.14. The number of amides is 1. The van der Waals surface area contributed by atoms with Gasteiger partial charge in [0.15, 0.2) is 0 Å². The number of rotatable bonds is 3. The maximum Gasteiger partial charge on any atom is 0.225 e. The number of aliphatic hydroxyl groups is 2. The summed E-state index contributed by atoms with van der Waals surface area (Å²) in [7, 11) is 0. The van der Waals surface area contributed by atoms with Crippen molar-refractivity contribution in [3.8, 4) is 0 Å². The molecule has 2 N–H and O–H groups in total. The summed E-state index contributed by atoms with van der Waals surface area (Å²) in [5, 5.41) is 17.6. The molecule has 1 saturated heterocycles. The minimum Gasteiger partial charge on any atom is -0.394 e. The molecule has 4 nitrogen and oxygen atoms in total. The summed E-state index contributed by atoms with van der Waals surface area (Å²) in [6.07, 6.45) is 0.0658. The molecular formula is C8H15NO3. The standard InChI is InChI=1S/C8H15NO3/c1-6-2-3-9(8(6)12)4-7(11)5-10/h6-7,10-11H,2-5H2,1H3. The van der Waals surface area contributed by atoms with Crippen LogP contribution in [0.3, 0.4) is 0 Å². The van der Waals surface area contributed by atoms with Crippen molar-refractivity contribution >= 4 is 5.91 Å². The Morgan fingerprint density at radius 2 is 2.42 bits per heavy atom. The summed E-state index contributed by atoms with van der Waals surface area (Å²) in [4.78, 5) is 12.9. The summed E-state index contributed by atoms with van der Waals surface area (Å²) in [6, 6.07) is 0. The lowest BCUT2D eigenvalue weighted by Crippen LogP contribution is -2.36. The molecule has 0 saturated carbocycles. The van der Waals surface area contributed by atoms with Crippen molar-refractivity contribution in [3.63, 3.8) is 0 Å². The first kappa shape index (κ1) is 9.48. The van der Waals surface area contributed by atoms with E-state index >= 15 is 0 Å². The molecule has 1 rings (SSSR count). The lowest BCUT2D eigenvalue weighted by atomic mass is 10.1. The zero-order valence-corrected chi connectivity index (χ0v) is 7.23. The Morgan fingerprint density at radius 1 is 1.75 bits per heavy atom. The molecule has 0 aliphatic carbocycles. The topological polar surface area (TPSA) is 60.8 Å². The fourth-order valence-electron chi connectivity index (χ4n) is 1.39. The molecule has 0 aromatic rings. The maximum atomic E-state index is 11.3. The number of hydrogen-bond acceptors (Lipinski definition) is 3. The zero-order valence-electron chi connectivity index (χ0n) is 7.23. The van der Waals surface area contributed by atoms with Crippen LogP contribution in [0.4, 0.5) is 0 Å². The fraction of sp³-hybridized carbons (Fsp3) is 0.875. The molecule has 0 radical (unpaired) electrons. The van der Waals surface area contributed by atoms with Crippen molar-refractivity contribution in [1.29, 1.82) is 0 Å². The van der Waals surface area contributed by atoms with Crippen LogP contribution in [-0.2, 0) is 4.79 Å². The largest absolute Gasteiger partial charge is 0.394 e. The van der Waals surface area contributed by atoms with E-state index in [0.29, 0.717) is 6.54 Å². The fourth-order valence-corrected chi connectivity index (χ4v) is 1.39. The average Bonchev–Trinajstić information content (AvgIpc) is 2.36. The molecule has 1 amide bonds. The number of carbonyl (C=O) groups is 1.